The van der Waals surface area contributed by atoms with Crippen LogP contribution in [0.2, 0.25) is 0 Å². The number of anilines is 1. The second kappa shape index (κ2) is 8.60. The highest BCUT2D eigenvalue weighted by Gasteiger charge is 2.12. The van der Waals surface area contributed by atoms with Gasteiger partial charge in [-0.1, -0.05) is 12.1 Å². The largest absolute Gasteiger partial charge is 0.454 e. The smallest absolute Gasteiger partial charge is 0.325 e. The second-order valence-corrected chi connectivity index (χ2v) is 6.65. The summed E-state index contributed by atoms with van der Waals surface area (Å²) in [7, 11) is 0. The summed E-state index contributed by atoms with van der Waals surface area (Å²) < 4.78 is 5.57. The Labute approximate surface area is 151 Å². The maximum atomic E-state index is 11.8. The topological polar surface area (TPSA) is 84.5 Å². The Morgan fingerprint density at radius 2 is 2.04 bits per heavy atom. The van der Waals surface area contributed by atoms with E-state index in [2.05, 4.69) is 26.6 Å². The van der Waals surface area contributed by atoms with E-state index in [1.54, 1.807) is 23.6 Å². The summed E-state index contributed by atoms with van der Waals surface area (Å²) in [5, 5.41) is 6.83. The minimum Gasteiger partial charge on any atom is -0.454 e. The van der Waals surface area contributed by atoms with Crippen molar-refractivity contribution in [3.63, 3.8) is 0 Å². The number of nitrogens with one attached hydrogen (secondary N) is 2. The van der Waals surface area contributed by atoms with Gasteiger partial charge in [0.25, 0.3) is 11.8 Å². The summed E-state index contributed by atoms with van der Waals surface area (Å²) in [6, 6.07) is 8.86. The molecule has 0 bridgehead atoms. The number of carbonyl (C=O) groups excluding carboxylic acids is 3. The average Bonchev–Trinajstić information content (AvgIpc) is 3.08. The fourth-order valence-electron chi connectivity index (χ4n) is 1.75. The third kappa shape index (κ3) is 5.47. The van der Waals surface area contributed by atoms with E-state index in [0.29, 0.717) is 10.6 Å². The van der Waals surface area contributed by atoms with E-state index < -0.39 is 18.5 Å². The van der Waals surface area contributed by atoms with Crippen LogP contribution in [-0.4, -0.2) is 30.9 Å². The van der Waals surface area contributed by atoms with Crippen LogP contribution in [0.15, 0.2) is 40.2 Å². The van der Waals surface area contributed by atoms with Crippen molar-refractivity contribution < 1.29 is 19.1 Å². The number of hydrogen-bond acceptors (Lipinski definition) is 5. The predicted molar refractivity (Wildman–Crippen MR) is 95.1 cm³/mol. The zero-order valence-electron chi connectivity index (χ0n) is 12.8. The molecule has 0 unspecified atom stereocenters. The lowest BCUT2D eigenvalue weighted by atomic mass is 10.2. The van der Waals surface area contributed by atoms with Crippen LogP contribution in [0, 0.1) is 6.92 Å². The van der Waals surface area contributed by atoms with Gasteiger partial charge in [0.05, 0.1) is 10.6 Å². The Kier molecular flexibility index (Phi) is 6.51. The van der Waals surface area contributed by atoms with Crippen molar-refractivity contribution >= 4 is 50.7 Å². The van der Waals surface area contributed by atoms with Crippen molar-refractivity contribution in [2.24, 2.45) is 0 Å². The Morgan fingerprint density at radius 1 is 1.25 bits per heavy atom. The molecule has 0 atom stereocenters. The molecule has 2 rings (SSSR count). The zero-order chi connectivity index (χ0) is 17.5. The van der Waals surface area contributed by atoms with Gasteiger partial charge in [-0.25, -0.2) is 0 Å². The molecule has 1 aromatic heterocycles. The number of thiophene rings is 1. The number of benzene rings is 1. The molecule has 0 saturated carbocycles. The van der Waals surface area contributed by atoms with Crippen LogP contribution in [0.3, 0.4) is 0 Å². The van der Waals surface area contributed by atoms with E-state index in [9.17, 15) is 14.4 Å². The van der Waals surface area contributed by atoms with Crippen LogP contribution in [0.25, 0.3) is 0 Å². The quantitative estimate of drug-likeness (QED) is 0.716. The molecule has 0 radical (unpaired) electrons. The van der Waals surface area contributed by atoms with Gasteiger partial charge in [-0.3, -0.25) is 14.4 Å². The standard InChI is InChI=1S/C16H15BrN2O4S/c1-10-4-5-12(11(17)7-10)19-14(20)9-23-15(21)8-18-16(22)13-3-2-6-24-13/h2-7H,8-9H2,1H3,(H,18,22)(H,19,20). The first-order valence-electron chi connectivity index (χ1n) is 6.99. The van der Waals surface area contributed by atoms with E-state index in [1.807, 2.05) is 19.1 Å². The Bertz CT molecular complexity index is 747. The minimum absolute atomic E-state index is 0.293. The van der Waals surface area contributed by atoms with Crippen LogP contribution < -0.4 is 10.6 Å². The van der Waals surface area contributed by atoms with Crippen molar-refractivity contribution in [3.8, 4) is 0 Å². The SMILES string of the molecule is Cc1ccc(NC(=O)COC(=O)CNC(=O)c2cccs2)c(Br)c1. The minimum atomic E-state index is -0.682. The fraction of sp³-hybridized carbons (Fsp3) is 0.188. The monoisotopic (exact) mass is 410 g/mol. The highest BCUT2D eigenvalue weighted by molar-refractivity contribution is 9.10. The average molecular weight is 411 g/mol. The molecule has 1 aromatic carbocycles. The second-order valence-electron chi connectivity index (χ2n) is 4.85. The molecule has 0 aliphatic carbocycles. The van der Waals surface area contributed by atoms with Crippen LogP contribution in [0.1, 0.15) is 15.2 Å². The first-order chi connectivity index (χ1) is 11.5. The Balaban J connectivity index is 1.73. The van der Waals surface area contributed by atoms with Crippen molar-refractivity contribution in [1.29, 1.82) is 0 Å². The lowest BCUT2D eigenvalue weighted by molar-refractivity contribution is -0.146. The van der Waals surface area contributed by atoms with Gasteiger partial charge in [0, 0.05) is 4.47 Å². The maximum absolute atomic E-state index is 11.8. The fourth-order valence-corrected chi connectivity index (χ4v) is 2.98. The lowest BCUT2D eigenvalue weighted by Crippen LogP contribution is -2.31. The normalized spacial score (nSPS) is 10.1. The number of ether oxygens (including phenoxy) is 1. The Hall–Kier alpha value is -2.19. The molecular weight excluding hydrogens is 396 g/mol. The van der Waals surface area contributed by atoms with E-state index >= 15 is 0 Å². The molecule has 6 nitrogen and oxygen atoms in total. The molecule has 2 amide bonds. The third-order valence-electron chi connectivity index (χ3n) is 2.90. The summed E-state index contributed by atoms with van der Waals surface area (Å²) in [5.74, 6) is -1.49. The molecular formula is C16H15BrN2O4S. The van der Waals surface area contributed by atoms with E-state index in [4.69, 9.17) is 4.74 Å². The number of aryl methyl sites for hydroxylation is 1. The molecule has 2 aromatic rings. The molecule has 2 N–H and O–H groups in total. The van der Waals surface area contributed by atoms with E-state index in [-0.39, 0.29) is 12.5 Å². The van der Waals surface area contributed by atoms with Crippen molar-refractivity contribution in [2.75, 3.05) is 18.5 Å². The Morgan fingerprint density at radius 3 is 2.71 bits per heavy atom. The predicted octanol–water partition coefficient (Wildman–Crippen LogP) is 2.73. The summed E-state index contributed by atoms with van der Waals surface area (Å²) in [4.78, 5) is 35.5. The highest BCUT2D eigenvalue weighted by atomic mass is 79.9. The van der Waals surface area contributed by atoms with Crippen molar-refractivity contribution in [1.82, 2.24) is 5.32 Å². The van der Waals surface area contributed by atoms with E-state index in [0.717, 1.165) is 10.0 Å². The number of halogens is 1. The summed E-state index contributed by atoms with van der Waals surface area (Å²) in [6.45, 7) is 1.22. The van der Waals surface area contributed by atoms with Crippen LogP contribution in [0.4, 0.5) is 5.69 Å². The van der Waals surface area contributed by atoms with E-state index in [1.165, 1.54) is 11.3 Å². The molecule has 24 heavy (non-hydrogen) atoms. The van der Waals surface area contributed by atoms with Gasteiger partial charge in [-0.2, -0.15) is 0 Å². The number of hydrogen-bond donors (Lipinski definition) is 2. The third-order valence-corrected chi connectivity index (χ3v) is 4.43. The number of rotatable bonds is 6. The van der Waals surface area contributed by atoms with Gasteiger partial charge >= 0.3 is 5.97 Å². The first kappa shape index (κ1) is 18.2. The zero-order valence-corrected chi connectivity index (χ0v) is 15.2. The highest BCUT2D eigenvalue weighted by Crippen LogP contribution is 2.23. The van der Waals surface area contributed by atoms with Gasteiger partial charge in [0.2, 0.25) is 0 Å². The molecule has 8 heteroatoms. The summed E-state index contributed by atoms with van der Waals surface area (Å²) in [6.07, 6.45) is 0. The van der Waals surface area contributed by atoms with Crippen molar-refractivity contribution in [2.45, 2.75) is 6.92 Å². The molecule has 0 spiro atoms. The molecule has 0 fully saturated rings. The van der Waals surface area contributed by atoms with Crippen LogP contribution >= 0.6 is 27.3 Å². The number of amides is 2. The van der Waals surface area contributed by atoms with Crippen LogP contribution in [0.5, 0.6) is 0 Å². The first-order valence-corrected chi connectivity index (χ1v) is 8.66. The molecule has 0 aliphatic rings. The van der Waals surface area contributed by atoms with Gasteiger partial charge in [0.15, 0.2) is 6.61 Å². The molecule has 0 aliphatic heterocycles. The number of carbonyl (C=O) groups is 3. The van der Waals surface area contributed by atoms with Gasteiger partial charge in [-0.15, -0.1) is 11.3 Å². The molecule has 126 valence electrons. The molecule has 0 saturated heterocycles. The molecule has 1 heterocycles. The number of esters is 1. The van der Waals surface area contributed by atoms with Gasteiger partial charge < -0.3 is 15.4 Å². The summed E-state index contributed by atoms with van der Waals surface area (Å²) in [5.41, 5.74) is 1.64. The van der Waals surface area contributed by atoms with Crippen molar-refractivity contribution in [3.05, 3.63) is 50.6 Å². The maximum Gasteiger partial charge on any atom is 0.325 e. The lowest BCUT2D eigenvalue weighted by Gasteiger charge is -2.09. The van der Waals surface area contributed by atoms with Gasteiger partial charge in [-0.05, 0) is 52.0 Å². The van der Waals surface area contributed by atoms with Crippen LogP contribution in [-0.2, 0) is 14.3 Å². The van der Waals surface area contributed by atoms with Gasteiger partial charge in [0.1, 0.15) is 6.54 Å². The summed E-state index contributed by atoms with van der Waals surface area (Å²) >= 11 is 4.62.